The van der Waals surface area contributed by atoms with Crippen molar-refractivity contribution in [1.82, 2.24) is 5.32 Å². The molecule has 2 fully saturated rings. The maximum absolute atomic E-state index is 12.4. The number of nitrogens with two attached hydrogens (primary N) is 1. The van der Waals surface area contributed by atoms with E-state index >= 15 is 0 Å². The third kappa shape index (κ3) is 4.48. The van der Waals surface area contributed by atoms with E-state index in [9.17, 15) is 4.79 Å². The second-order valence-corrected chi connectivity index (χ2v) is 6.44. The highest BCUT2D eigenvalue weighted by Crippen LogP contribution is 2.26. The van der Waals surface area contributed by atoms with Gasteiger partial charge in [-0.15, -0.1) is 0 Å². The van der Waals surface area contributed by atoms with E-state index in [0.717, 1.165) is 25.8 Å². The summed E-state index contributed by atoms with van der Waals surface area (Å²) in [6.45, 7) is 0.718. The fourth-order valence-electron chi connectivity index (χ4n) is 3.70. The number of rotatable bonds is 3. The lowest BCUT2D eigenvalue weighted by Crippen LogP contribution is -2.46. The van der Waals surface area contributed by atoms with Crippen molar-refractivity contribution >= 4 is 5.91 Å². The van der Waals surface area contributed by atoms with Crippen LogP contribution in [0.4, 0.5) is 0 Å². The summed E-state index contributed by atoms with van der Waals surface area (Å²) in [6.07, 6.45) is 13.4. The molecule has 0 saturated heterocycles. The summed E-state index contributed by atoms with van der Waals surface area (Å²) in [5.74, 6) is 1.08. The molecule has 2 unspecified atom stereocenters. The van der Waals surface area contributed by atoms with Gasteiger partial charge in [0.1, 0.15) is 0 Å². The van der Waals surface area contributed by atoms with Gasteiger partial charge in [0.25, 0.3) is 0 Å². The average Bonchev–Trinajstić information content (AvgIpc) is 2.38. The molecule has 3 heteroatoms. The highest BCUT2D eigenvalue weighted by atomic mass is 16.1. The number of amides is 1. The second kappa shape index (κ2) is 7.88. The highest BCUT2D eigenvalue weighted by molar-refractivity contribution is 5.79. The standard InChI is InChI=1S/C16H30N2O/c17-12-14-10-6-7-11-15(14)18-16(19)13-8-4-2-1-3-5-9-13/h13-15H,1-12,17H2,(H,18,19). The first-order valence-electron chi connectivity index (χ1n) is 8.31. The lowest BCUT2D eigenvalue weighted by atomic mass is 9.83. The number of carbonyl (C=O) groups is 1. The van der Waals surface area contributed by atoms with Crippen LogP contribution in [0.1, 0.15) is 70.6 Å². The van der Waals surface area contributed by atoms with E-state index in [-0.39, 0.29) is 5.92 Å². The summed E-state index contributed by atoms with van der Waals surface area (Å²) in [5.41, 5.74) is 5.84. The van der Waals surface area contributed by atoms with Gasteiger partial charge in [0.05, 0.1) is 0 Å². The maximum atomic E-state index is 12.4. The lowest BCUT2D eigenvalue weighted by molar-refractivity contribution is -0.127. The number of carbonyl (C=O) groups excluding carboxylic acids is 1. The predicted octanol–water partition coefficient (Wildman–Crippen LogP) is 2.98. The number of hydrogen-bond donors (Lipinski definition) is 2. The molecule has 2 rings (SSSR count). The largest absolute Gasteiger partial charge is 0.353 e. The zero-order valence-electron chi connectivity index (χ0n) is 12.2. The molecule has 19 heavy (non-hydrogen) atoms. The van der Waals surface area contributed by atoms with Crippen LogP contribution in [0.25, 0.3) is 0 Å². The van der Waals surface area contributed by atoms with Crippen molar-refractivity contribution in [3.8, 4) is 0 Å². The van der Waals surface area contributed by atoms with Crippen molar-refractivity contribution in [2.24, 2.45) is 17.6 Å². The van der Waals surface area contributed by atoms with E-state index < -0.39 is 0 Å². The fourth-order valence-corrected chi connectivity index (χ4v) is 3.70. The van der Waals surface area contributed by atoms with Crippen LogP contribution in [-0.4, -0.2) is 18.5 Å². The van der Waals surface area contributed by atoms with E-state index in [0.29, 0.717) is 17.9 Å². The third-order valence-corrected chi connectivity index (χ3v) is 5.02. The topological polar surface area (TPSA) is 55.1 Å². The van der Waals surface area contributed by atoms with Crippen LogP contribution < -0.4 is 11.1 Å². The lowest BCUT2D eigenvalue weighted by Gasteiger charge is -2.32. The van der Waals surface area contributed by atoms with Crippen molar-refractivity contribution < 1.29 is 4.79 Å². The molecule has 0 aromatic heterocycles. The van der Waals surface area contributed by atoms with E-state index in [1.807, 2.05) is 0 Å². The minimum Gasteiger partial charge on any atom is -0.353 e. The summed E-state index contributed by atoms with van der Waals surface area (Å²) >= 11 is 0. The average molecular weight is 266 g/mol. The van der Waals surface area contributed by atoms with E-state index in [1.54, 1.807) is 0 Å². The number of hydrogen-bond acceptors (Lipinski definition) is 2. The monoisotopic (exact) mass is 266 g/mol. The normalized spacial score (nSPS) is 30.4. The Hall–Kier alpha value is -0.570. The first-order valence-corrected chi connectivity index (χ1v) is 8.31. The van der Waals surface area contributed by atoms with Crippen molar-refractivity contribution in [1.29, 1.82) is 0 Å². The minimum atomic E-state index is 0.264. The molecule has 0 aromatic rings. The van der Waals surface area contributed by atoms with Crippen LogP contribution in [0.5, 0.6) is 0 Å². The third-order valence-electron chi connectivity index (χ3n) is 5.02. The Bertz CT molecular complexity index is 272. The van der Waals surface area contributed by atoms with Crippen LogP contribution in [0.15, 0.2) is 0 Å². The molecular weight excluding hydrogens is 236 g/mol. The first-order chi connectivity index (χ1) is 9.31. The SMILES string of the molecule is NCC1CCCCC1NC(=O)C1CCCCCCC1. The number of nitrogens with one attached hydrogen (secondary N) is 1. The van der Waals surface area contributed by atoms with E-state index in [4.69, 9.17) is 5.73 Å². The van der Waals surface area contributed by atoms with Gasteiger partial charge in [-0.25, -0.2) is 0 Å². The zero-order valence-corrected chi connectivity index (χ0v) is 12.2. The van der Waals surface area contributed by atoms with Crippen LogP contribution >= 0.6 is 0 Å². The van der Waals surface area contributed by atoms with Crippen molar-refractivity contribution in [2.75, 3.05) is 6.54 Å². The Labute approximate surface area is 117 Å². The van der Waals surface area contributed by atoms with Crippen molar-refractivity contribution in [3.63, 3.8) is 0 Å². The Morgan fingerprint density at radius 1 is 0.895 bits per heavy atom. The summed E-state index contributed by atoms with van der Waals surface area (Å²) in [6, 6.07) is 0.344. The van der Waals surface area contributed by atoms with Gasteiger partial charge in [-0.2, -0.15) is 0 Å². The van der Waals surface area contributed by atoms with Gasteiger partial charge in [0.2, 0.25) is 5.91 Å². The molecule has 0 bridgehead atoms. The molecule has 0 spiro atoms. The first kappa shape index (κ1) is 14.8. The van der Waals surface area contributed by atoms with Gasteiger partial charge in [-0.1, -0.05) is 44.9 Å². The van der Waals surface area contributed by atoms with Crippen molar-refractivity contribution in [3.05, 3.63) is 0 Å². The summed E-state index contributed by atoms with van der Waals surface area (Å²) < 4.78 is 0. The molecule has 2 saturated carbocycles. The highest BCUT2D eigenvalue weighted by Gasteiger charge is 2.28. The summed E-state index contributed by atoms with van der Waals surface area (Å²) in [5, 5.41) is 3.32. The van der Waals surface area contributed by atoms with Crippen molar-refractivity contribution in [2.45, 2.75) is 76.7 Å². The molecule has 3 N–H and O–H groups in total. The van der Waals surface area contributed by atoms with Gasteiger partial charge in [-0.3, -0.25) is 4.79 Å². The molecule has 2 aliphatic rings. The summed E-state index contributed by atoms with van der Waals surface area (Å²) in [4.78, 5) is 12.4. The van der Waals surface area contributed by atoms with Crippen LogP contribution in [0, 0.1) is 11.8 Å². The molecule has 2 aliphatic carbocycles. The Morgan fingerprint density at radius 2 is 1.47 bits per heavy atom. The maximum Gasteiger partial charge on any atom is 0.223 e. The smallest absolute Gasteiger partial charge is 0.223 e. The predicted molar refractivity (Wildman–Crippen MR) is 78.8 cm³/mol. The van der Waals surface area contributed by atoms with E-state index in [1.165, 1.54) is 51.4 Å². The van der Waals surface area contributed by atoms with Crippen LogP contribution in [0.3, 0.4) is 0 Å². The van der Waals surface area contributed by atoms with E-state index in [2.05, 4.69) is 5.32 Å². The molecule has 0 aromatic carbocycles. The fraction of sp³-hybridized carbons (Fsp3) is 0.938. The second-order valence-electron chi connectivity index (χ2n) is 6.44. The van der Waals surface area contributed by atoms with Gasteiger partial charge in [-0.05, 0) is 38.1 Å². The van der Waals surface area contributed by atoms with Gasteiger partial charge >= 0.3 is 0 Å². The quantitative estimate of drug-likeness (QED) is 0.825. The van der Waals surface area contributed by atoms with Crippen LogP contribution in [-0.2, 0) is 4.79 Å². The summed E-state index contributed by atoms with van der Waals surface area (Å²) in [7, 11) is 0. The van der Waals surface area contributed by atoms with Gasteiger partial charge in [0, 0.05) is 12.0 Å². The Morgan fingerprint density at radius 3 is 2.16 bits per heavy atom. The molecule has 0 radical (unpaired) electrons. The van der Waals surface area contributed by atoms with Gasteiger partial charge < -0.3 is 11.1 Å². The molecule has 1 amide bonds. The van der Waals surface area contributed by atoms with Crippen LogP contribution in [0.2, 0.25) is 0 Å². The molecule has 0 aliphatic heterocycles. The molecular formula is C16H30N2O. The molecule has 3 nitrogen and oxygen atoms in total. The minimum absolute atomic E-state index is 0.264. The molecule has 0 heterocycles. The Kier molecular flexibility index (Phi) is 6.15. The zero-order chi connectivity index (χ0) is 13.5. The molecule has 110 valence electrons. The Balaban J connectivity index is 1.83. The van der Waals surface area contributed by atoms with Gasteiger partial charge in [0.15, 0.2) is 0 Å². The molecule has 2 atom stereocenters.